The molecule has 1 amide bonds. The van der Waals surface area contributed by atoms with E-state index in [-0.39, 0.29) is 23.8 Å². The number of amides is 1. The number of hydrogen-bond acceptors (Lipinski definition) is 5. The van der Waals surface area contributed by atoms with Crippen LogP contribution in [0.5, 0.6) is 17.2 Å². The Morgan fingerprint density at radius 2 is 1.43 bits per heavy atom. The van der Waals surface area contributed by atoms with Crippen LogP contribution in [0, 0.1) is 0 Å². The summed E-state index contributed by atoms with van der Waals surface area (Å²) in [6, 6.07) is 11.3. The number of rotatable bonds is 4. The summed E-state index contributed by atoms with van der Waals surface area (Å²) in [6.07, 6.45) is 0. The molecule has 0 aliphatic rings. The highest BCUT2D eigenvalue weighted by Gasteiger charge is 2.09. The van der Waals surface area contributed by atoms with E-state index in [1.54, 1.807) is 0 Å². The first-order valence-electron chi connectivity index (χ1n) is 6.11. The number of esters is 1. The van der Waals surface area contributed by atoms with Crippen molar-refractivity contribution in [2.24, 2.45) is 0 Å². The van der Waals surface area contributed by atoms with Gasteiger partial charge in [0.05, 0.1) is 0 Å². The van der Waals surface area contributed by atoms with Gasteiger partial charge in [-0.05, 0) is 48.5 Å². The summed E-state index contributed by atoms with van der Waals surface area (Å²) in [5.41, 5.74) is 0.324. The second-order valence-electron chi connectivity index (χ2n) is 4.20. The van der Waals surface area contributed by atoms with E-state index in [1.165, 1.54) is 48.5 Å². The monoisotopic (exact) mass is 287 g/mol. The number of aromatic hydroxyl groups is 2. The van der Waals surface area contributed by atoms with Crippen LogP contribution in [0.1, 0.15) is 10.4 Å². The second kappa shape index (κ2) is 6.42. The molecule has 108 valence electrons. The molecular formula is C15H13NO5. The number of ether oxygens (including phenoxy) is 1. The van der Waals surface area contributed by atoms with Crippen LogP contribution >= 0.6 is 0 Å². The van der Waals surface area contributed by atoms with Gasteiger partial charge in [0.25, 0.3) is 5.91 Å². The number of hydrogen-bond donors (Lipinski definition) is 3. The highest BCUT2D eigenvalue weighted by molar-refractivity contribution is 5.96. The molecule has 0 bridgehead atoms. The summed E-state index contributed by atoms with van der Waals surface area (Å²) in [7, 11) is 0. The van der Waals surface area contributed by atoms with Gasteiger partial charge in [0, 0.05) is 5.56 Å². The van der Waals surface area contributed by atoms with Crippen molar-refractivity contribution < 1.29 is 24.5 Å². The van der Waals surface area contributed by atoms with E-state index >= 15 is 0 Å². The first-order valence-corrected chi connectivity index (χ1v) is 6.11. The number of phenolic OH excluding ortho intramolecular Hbond substituents is 2. The van der Waals surface area contributed by atoms with Gasteiger partial charge in [0.1, 0.15) is 23.8 Å². The van der Waals surface area contributed by atoms with Crippen molar-refractivity contribution in [2.75, 3.05) is 6.54 Å². The Balaban J connectivity index is 1.84. The molecule has 0 radical (unpaired) electrons. The number of carbonyl (C=O) groups is 2. The maximum absolute atomic E-state index is 11.7. The molecule has 21 heavy (non-hydrogen) atoms. The van der Waals surface area contributed by atoms with Crippen LogP contribution in [0.3, 0.4) is 0 Å². The molecule has 2 rings (SSSR count). The fraction of sp³-hybridized carbons (Fsp3) is 0.0667. The number of benzene rings is 2. The molecule has 0 aromatic heterocycles. The lowest BCUT2D eigenvalue weighted by Crippen LogP contribution is -2.31. The highest BCUT2D eigenvalue weighted by atomic mass is 16.5. The lowest BCUT2D eigenvalue weighted by atomic mass is 10.2. The van der Waals surface area contributed by atoms with Gasteiger partial charge in [0.2, 0.25) is 0 Å². The summed E-state index contributed by atoms with van der Waals surface area (Å²) in [5, 5.41) is 20.6. The molecule has 0 fully saturated rings. The van der Waals surface area contributed by atoms with E-state index in [9.17, 15) is 9.59 Å². The van der Waals surface area contributed by atoms with Gasteiger partial charge in [-0.25, -0.2) is 4.79 Å². The summed E-state index contributed by atoms with van der Waals surface area (Å²) in [4.78, 5) is 23.3. The van der Waals surface area contributed by atoms with Crippen molar-refractivity contribution in [3.63, 3.8) is 0 Å². The Morgan fingerprint density at radius 1 is 0.905 bits per heavy atom. The van der Waals surface area contributed by atoms with Crippen LogP contribution < -0.4 is 10.1 Å². The zero-order valence-corrected chi connectivity index (χ0v) is 10.9. The first kappa shape index (κ1) is 14.4. The molecule has 0 unspecified atom stereocenters. The second-order valence-corrected chi connectivity index (χ2v) is 4.20. The Kier molecular flexibility index (Phi) is 4.40. The molecule has 2 aromatic rings. The first-order chi connectivity index (χ1) is 10.0. The third kappa shape index (κ3) is 4.24. The smallest absolute Gasteiger partial charge is 0.330 e. The van der Waals surface area contributed by atoms with E-state index in [4.69, 9.17) is 14.9 Å². The normalized spacial score (nSPS) is 9.90. The standard InChI is InChI=1S/C15H13NO5/c17-11-3-1-10(2-4-11)15(20)16-9-14(19)21-13-7-5-12(18)6-8-13/h1-8,17-18H,9H2,(H,16,20). The zero-order valence-electron chi connectivity index (χ0n) is 10.9. The molecule has 3 N–H and O–H groups in total. The van der Waals surface area contributed by atoms with E-state index < -0.39 is 11.9 Å². The molecule has 0 aliphatic carbocycles. The number of phenols is 2. The third-order valence-electron chi connectivity index (χ3n) is 2.59. The average molecular weight is 287 g/mol. The maximum atomic E-state index is 11.7. The maximum Gasteiger partial charge on any atom is 0.330 e. The molecule has 0 aliphatic heterocycles. The molecular weight excluding hydrogens is 274 g/mol. The fourth-order valence-corrected chi connectivity index (χ4v) is 1.55. The van der Waals surface area contributed by atoms with Crippen molar-refractivity contribution in [3.8, 4) is 17.2 Å². The molecule has 2 aromatic carbocycles. The lowest BCUT2D eigenvalue weighted by molar-refractivity contribution is -0.133. The predicted molar refractivity (Wildman–Crippen MR) is 74.2 cm³/mol. The van der Waals surface area contributed by atoms with Gasteiger partial charge in [-0.15, -0.1) is 0 Å². The average Bonchev–Trinajstić information content (AvgIpc) is 2.48. The van der Waals surface area contributed by atoms with E-state index in [0.717, 1.165) is 0 Å². The van der Waals surface area contributed by atoms with Gasteiger partial charge in [0.15, 0.2) is 0 Å². The van der Waals surface area contributed by atoms with Gasteiger partial charge in [-0.3, -0.25) is 4.79 Å². The molecule has 0 spiro atoms. The Bertz CT molecular complexity index is 634. The van der Waals surface area contributed by atoms with E-state index in [0.29, 0.717) is 5.56 Å². The zero-order chi connectivity index (χ0) is 15.2. The number of nitrogens with one attached hydrogen (secondary N) is 1. The minimum atomic E-state index is -0.632. The van der Waals surface area contributed by atoms with Crippen LogP contribution in [-0.4, -0.2) is 28.6 Å². The van der Waals surface area contributed by atoms with Crippen LogP contribution in [0.4, 0.5) is 0 Å². The van der Waals surface area contributed by atoms with Crippen LogP contribution in [-0.2, 0) is 4.79 Å². The molecule has 0 heterocycles. The summed E-state index contributed by atoms with van der Waals surface area (Å²) in [6.45, 7) is -0.291. The molecule has 6 heteroatoms. The Morgan fingerprint density at radius 3 is 2.00 bits per heavy atom. The molecule has 0 saturated carbocycles. The summed E-state index contributed by atoms with van der Waals surface area (Å²) < 4.78 is 4.97. The van der Waals surface area contributed by atoms with Gasteiger partial charge >= 0.3 is 5.97 Å². The van der Waals surface area contributed by atoms with Gasteiger partial charge in [-0.1, -0.05) is 0 Å². The molecule has 0 atom stereocenters. The Hall–Kier alpha value is -3.02. The highest BCUT2D eigenvalue weighted by Crippen LogP contribution is 2.15. The predicted octanol–water partition coefficient (Wildman–Crippen LogP) is 1.43. The molecule has 6 nitrogen and oxygen atoms in total. The van der Waals surface area contributed by atoms with Crippen molar-refractivity contribution in [3.05, 3.63) is 54.1 Å². The number of carbonyl (C=O) groups excluding carboxylic acids is 2. The van der Waals surface area contributed by atoms with E-state index in [2.05, 4.69) is 5.32 Å². The minimum absolute atomic E-state index is 0.0540. The molecule has 0 saturated heterocycles. The Labute approximate surface area is 120 Å². The van der Waals surface area contributed by atoms with Crippen molar-refractivity contribution in [1.29, 1.82) is 0 Å². The van der Waals surface area contributed by atoms with Gasteiger partial charge in [-0.2, -0.15) is 0 Å². The fourth-order valence-electron chi connectivity index (χ4n) is 1.55. The van der Waals surface area contributed by atoms with Crippen LogP contribution in [0.15, 0.2) is 48.5 Å². The van der Waals surface area contributed by atoms with Crippen LogP contribution in [0.25, 0.3) is 0 Å². The SMILES string of the molecule is O=C(CNC(=O)c1ccc(O)cc1)Oc1ccc(O)cc1. The summed E-state index contributed by atoms with van der Waals surface area (Å²) in [5.74, 6) is -0.684. The lowest BCUT2D eigenvalue weighted by Gasteiger charge is -2.06. The van der Waals surface area contributed by atoms with Crippen molar-refractivity contribution >= 4 is 11.9 Å². The van der Waals surface area contributed by atoms with Crippen molar-refractivity contribution in [1.82, 2.24) is 5.32 Å². The quantitative estimate of drug-likeness (QED) is 0.584. The van der Waals surface area contributed by atoms with Gasteiger partial charge < -0.3 is 20.3 Å². The van der Waals surface area contributed by atoms with Crippen molar-refractivity contribution in [2.45, 2.75) is 0 Å². The van der Waals surface area contributed by atoms with E-state index in [1.807, 2.05) is 0 Å². The largest absolute Gasteiger partial charge is 0.508 e. The topological polar surface area (TPSA) is 95.9 Å². The van der Waals surface area contributed by atoms with Crippen LogP contribution in [0.2, 0.25) is 0 Å². The summed E-state index contributed by atoms with van der Waals surface area (Å²) >= 11 is 0. The third-order valence-corrected chi connectivity index (χ3v) is 2.59. The minimum Gasteiger partial charge on any atom is -0.508 e.